The number of aryl methyl sites for hydroxylation is 1. The minimum atomic E-state index is -3.20. The Kier molecular flexibility index (Phi) is 2.95. The summed E-state index contributed by atoms with van der Waals surface area (Å²) >= 11 is 0. The van der Waals surface area contributed by atoms with Crippen molar-refractivity contribution in [3.8, 4) is 0 Å². The molecule has 5 heteroatoms. The quantitative estimate of drug-likeness (QED) is 0.882. The van der Waals surface area contributed by atoms with Crippen LogP contribution >= 0.6 is 0 Å². The molecule has 1 N–H and O–H groups in total. The topological polar surface area (TPSA) is 71.4 Å². The molecule has 17 heavy (non-hydrogen) atoms. The summed E-state index contributed by atoms with van der Waals surface area (Å²) in [6.45, 7) is 1.59. The summed E-state index contributed by atoms with van der Waals surface area (Å²) in [7, 11) is -3.20. The van der Waals surface area contributed by atoms with Crippen LogP contribution in [-0.4, -0.2) is 25.2 Å². The van der Waals surface area contributed by atoms with Crippen LogP contribution in [0.25, 0.3) is 0 Å². The van der Waals surface area contributed by atoms with E-state index in [0.717, 1.165) is 5.56 Å². The Bertz CT molecular complexity index is 560. The number of hydrogen-bond donors (Lipinski definition) is 1. The molecule has 1 aliphatic heterocycles. The number of sulfone groups is 1. The molecule has 1 unspecified atom stereocenters. The maximum Gasteiger partial charge on any atom is 0.306 e. The maximum atomic E-state index is 11.9. The van der Waals surface area contributed by atoms with Crippen LogP contribution in [0.4, 0.5) is 0 Å². The number of rotatable bonds is 3. The van der Waals surface area contributed by atoms with Gasteiger partial charge in [0.05, 0.1) is 16.6 Å². The minimum absolute atomic E-state index is 0.140. The second-order valence-electron chi connectivity index (χ2n) is 4.42. The molecular weight excluding hydrogens is 240 g/mol. The Morgan fingerprint density at radius 2 is 2.18 bits per heavy atom. The summed E-state index contributed by atoms with van der Waals surface area (Å²) in [4.78, 5) is 11.2. The van der Waals surface area contributed by atoms with E-state index >= 15 is 0 Å². The van der Waals surface area contributed by atoms with Crippen LogP contribution in [0.1, 0.15) is 18.1 Å². The predicted octanol–water partition coefficient (Wildman–Crippen LogP) is 1.28. The van der Waals surface area contributed by atoms with Crippen molar-refractivity contribution in [1.82, 2.24) is 0 Å². The van der Waals surface area contributed by atoms with E-state index < -0.39 is 21.7 Å². The molecule has 1 aliphatic rings. The lowest BCUT2D eigenvalue weighted by Crippen LogP contribution is -2.14. The summed E-state index contributed by atoms with van der Waals surface area (Å²) in [6, 6.07) is 5.31. The van der Waals surface area contributed by atoms with Gasteiger partial charge in [-0.05, 0) is 24.0 Å². The Morgan fingerprint density at radius 1 is 1.47 bits per heavy atom. The van der Waals surface area contributed by atoms with Gasteiger partial charge in [0.25, 0.3) is 0 Å². The molecule has 2 rings (SSSR count). The highest BCUT2D eigenvalue weighted by atomic mass is 32.2. The van der Waals surface area contributed by atoms with Crippen LogP contribution in [0.5, 0.6) is 0 Å². The van der Waals surface area contributed by atoms with Gasteiger partial charge in [0.2, 0.25) is 0 Å². The number of aliphatic carboxylic acids is 1. The van der Waals surface area contributed by atoms with Gasteiger partial charge < -0.3 is 5.11 Å². The molecule has 92 valence electrons. The van der Waals surface area contributed by atoms with Crippen molar-refractivity contribution in [3.63, 3.8) is 0 Å². The van der Waals surface area contributed by atoms with E-state index in [1.807, 2.05) is 0 Å². The first-order valence-corrected chi connectivity index (χ1v) is 7.13. The van der Waals surface area contributed by atoms with Crippen molar-refractivity contribution in [2.75, 3.05) is 5.75 Å². The average molecular weight is 254 g/mol. The smallest absolute Gasteiger partial charge is 0.306 e. The predicted molar refractivity (Wildman–Crippen MR) is 62.7 cm³/mol. The van der Waals surface area contributed by atoms with Gasteiger partial charge in [0, 0.05) is 0 Å². The molecule has 0 saturated carbocycles. The summed E-state index contributed by atoms with van der Waals surface area (Å²) in [6.07, 6.45) is 0.796. The monoisotopic (exact) mass is 254 g/mol. The van der Waals surface area contributed by atoms with Crippen LogP contribution in [0.3, 0.4) is 0 Å². The van der Waals surface area contributed by atoms with Crippen LogP contribution in [0.2, 0.25) is 0 Å². The highest BCUT2D eigenvalue weighted by molar-refractivity contribution is 7.91. The SMILES string of the molecule is CC(Cc1cccc2c1S(=O)(=O)CC2)C(=O)O. The van der Waals surface area contributed by atoms with E-state index in [-0.39, 0.29) is 12.2 Å². The molecule has 0 spiro atoms. The zero-order valence-corrected chi connectivity index (χ0v) is 10.3. The van der Waals surface area contributed by atoms with Gasteiger partial charge in [-0.1, -0.05) is 25.1 Å². The summed E-state index contributed by atoms with van der Waals surface area (Å²) in [5.41, 5.74) is 1.45. The molecule has 1 aromatic carbocycles. The van der Waals surface area contributed by atoms with Crippen molar-refractivity contribution in [1.29, 1.82) is 0 Å². The maximum absolute atomic E-state index is 11.9. The highest BCUT2D eigenvalue weighted by Gasteiger charge is 2.29. The van der Waals surface area contributed by atoms with Crippen LogP contribution in [0, 0.1) is 5.92 Å². The van der Waals surface area contributed by atoms with Crippen LogP contribution in [0.15, 0.2) is 23.1 Å². The van der Waals surface area contributed by atoms with Gasteiger partial charge in [-0.3, -0.25) is 4.79 Å². The molecule has 1 aromatic rings. The van der Waals surface area contributed by atoms with Crippen molar-refractivity contribution in [3.05, 3.63) is 29.3 Å². The average Bonchev–Trinajstić information content (AvgIpc) is 2.56. The number of carboxylic acids is 1. The molecule has 0 aromatic heterocycles. The zero-order chi connectivity index (χ0) is 12.6. The third-order valence-electron chi connectivity index (χ3n) is 3.08. The Hall–Kier alpha value is -1.36. The van der Waals surface area contributed by atoms with Gasteiger partial charge in [0.1, 0.15) is 0 Å². The fourth-order valence-electron chi connectivity index (χ4n) is 2.16. The molecule has 0 aliphatic carbocycles. The first kappa shape index (κ1) is 12.1. The summed E-state index contributed by atoms with van der Waals surface area (Å²) in [5, 5.41) is 8.87. The second kappa shape index (κ2) is 4.14. The lowest BCUT2D eigenvalue weighted by molar-refractivity contribution is -0.141. The molecular formula is C12H14O4S. The van der Waals surface area contributed by atoms with E-state index in [2.05, 4.69) is 0 Å². The van der Waals surface area contributed by atoms with Gasteiger partial charge >= 0.3 is 5.97 Å². The summed E-state index contributed by atoms with van der Waals surface area (Å²) in [5.74, 6) is -1.34. The summed E-state index contributed by atoms with van der Waals surface area (Å²) < 4.78 is 23.8. The number of carbonyl (C=O) groups is 1. The molecule has 0 saturated heterocycles. The van der Waals surface area contributed by atoms with Crippen molar-refractivity contribution in [2.45, 2.75) is 24.7 Å². The Balaban J connectivity index is 2.44. The first-order valence-electron chi connectivity index (χ1n) is 5.48. The molecule has 1 atom stereocenters. The van der Waals surface area contributed by atoms with Crippen molar-refractivity contribution >= 4 is 15.8 Å². The molecule has 0 bridgehead atoms. The van der Waals surface area contributed by atoms with E-state index in [0.29, 0.717) is 16.9 Å². The van der Waals surface area contributed by atoms with Gasteiger partial charge in [-0.15, -0.1) is 0 Å². The Labute approximate surface area is 100 Å². The third-order valence-corrected chi connectivity index (χ3v) is 4.96. The lowest BCUT2D eigenvalue weighted by Gasteiger charge is -2.10. The van der Waals surface area contributed by atoms with E-state index in [1.165, 1.54) is 0 Å². The molecule has 0 amide bonds. The van der Waals surface area contributed by atoms with E-state index in [9.17, 15) is 13.2 Å². The third kappa shape index (κ3) is 2.20. The van der Waals surface area contributed by atoms with Gasteiger partial charge in [0.15, 0.2) is 9.84 Å². The number of fused-ring (bicyclic) bond motifs is 1. The largest absolute Gasteiger partial charge is 0.481 e. The zero-order valence-electron chi connectivity index (χ0n) is 9.51. The van der Waals surface area contributed by atoms with Crippen LogP contribution < -0.4 is 0 Å². The lowest BCUT2D eigenvalue weighted by atomic mass is 9.99. The number of benzene rings is 1. The second-order valence-corrected chi connectivity index (χ2v) is 6.46. The van der Waals surface area contributed by atoms with Crippen LogP contribution in [-0.2, 0) is 27.5 Å². The normalized spacial score (nSPS) is 18.6. The Morgan fingerprint density at radius 3 is 2.82 bits per heavy atom. The molecule has 4 nitrogen and oxygen atoms in total. The highest BCUT2D eigenvalue weighted by Crippen LogP contribution is 2.30. The number of carboxylic acid groups (broad SMARTS) is 1. The first-order chi connectivity index (χ1) is 7.92. The van der Waals surface area contributed by atoms with E-state index in [4.69, 9.17) is 5.11 Å². The van der Waals surface area contributed by atoms with Gasteiger partial charge in [-0.2, -0.15) is 0 Å². The van der Waals surface area contributed by atoms with E-state index in [1.54, 1.807) is 25.1 Å². The fraction of sp³-hybridized carbons (Fsp3) is 0.417. The molecule has 0 radical (unpaired) electrons. The molecule has 1 heterocycles. The standard InChI is InChI=1S/C12H14O4S/c1-8(12(13)14)7-10-4-2-3-9-5-6-17(15,16)11(9)10/h2-4,8H,5-7H2,1H3,(H,13,14). The van der Waals surface area contributed by atoms with Crippen molar-refractivity contribution < 1.29 is 18.3 Å². The molecule has 0 fully saturated rings. The fourth-order valence-corrected chi connectivity index (χ4v) is 3.97. The van der Waals surface area contributed by atoms with Crippen molar-refractivity contribution in [2.24, 2.45) is 5.92 Å². The minimum Gasteiger partial charge on any atom is -0.481 e. The number of hydrogen-bond acceptors (Lipinski definition) is 3. The van der Waals surface area contributed by atoms with Gasteiger partial charge in [-0.25, -0.2) is 8.42 Å².